The Morgan fingerprint density at radius 2 is 2.00 bits per heavy atom. The molecule has 1 heteroatoms. The monoisotopic (exact) mass is 210 g/mol. The molecule has 1 aliphatic carbocycles. The lowest BCUT2D eigenvalue weighted by atomic mass is 9.77. The van der Waals surface area contributed by atoms with E-state index in [1.165, 1.54) is 18.4 Å². The van der Waals surface area contributed by atoms with Crippen molar-refractivity contribution in [3.8, 4) is 0 Å². The van der Waals surface area contributed by atoms with E-state index in [9.17, 15) is 5.11 Å². The van der Waals surface area contributed by atoms with Crippen LogP contribution in [0.5, 0.6) is 0 Å². The van der Waals surface area contributed by atoms with Crippen molar-refractivity contribution in [3.05, 3.63) is 11.6 Å². The van der Waals surface area contributed by atoms with Gasteiger partial charge in [-0.05, 0) is 49.0 Å². The summed E-state index contributed by atoms with van der Waals surface area (Å²) in [6, 6.07) is 0. The number of hydrogen-bond donors (Lipinski definition) is 1. The van der Waals surface area contributed by atoms with Crippen LogP contribution in [-0.2, 0) is 0 Å². The molecule has 0 amide bonds. The molecule has 0 radical (unpaired) electrons. The second kappa shape index (κ2) is 5.16. The van der Waals surface area contributed by atoms with Crippen LogP contribution < -0.4 is 0 Å². The molecule has 0 aromatic rings. The van der Waals surface area contributed by atoms with E-state index in [0.29, 0.717) is 11.3 Å². The lowest BCUT2D eigenvalue weighted by molar-refractivity contribution is 0.131. The van der Waals surface area contributed by atoms with E-state index in [0.717, 1.165) is 19.3 Å². The van der Waals surface area contributed by atoms with E-state index in [1.807, 2.05) is 0 Å². The van der Waals surface area contributed by atoms with Gasteiger partial charge in [-0.25, -0.2) is 0 Å². The van der Waals surface area contributed by atoms with E-state index in [1.54, 1.807) is 0 Å². The first kappa shape index (κ1) is 12.8. The molecule has 0 fully saturated rings. The van der Waals surface area contributed by atoms with E-state index in [4.69, 9.17) is 0 Å². The lowest BCUT2D eigenvalue weighted by Gasteiger charge is -2.30. The van der Waals surface area contributed by atoms with Crippen LogP contribution in [0.4, 0.5) is 0 Å². The van der Waals surface area contributed by atoms with Crippen molar-refractivity contribution in [2.45, 2.75) is 65.9 Å². The van der Waals surface area contributed by atoms with Crippen LogP contribution >= 0.6 is 0 Å². The zero-order chi connectivity index (χ0) is 11.5. The van der Waals surface area contributed by atoms with Crippen LogP contribution in [0.15, 0.2) is 11.6 Å². The molecule has 0 aromatic heterocycles. The van der Waals surface area contributed by atoms with Gasteiger partial charge in [-0.1, -0.05) is 33.8 Å². The van der Waals surface area contributed by atoms with Gasteiger partial charge in [-0.15, -0.1) is 0 Å². The summed E-state index contributed by atoms with van der Waals surface area (Å²) in [6.45, 7) is 8.99. The van der Waals surface area contributed by atoms with Crippen molar-refractivity contribution in [2.75, 3.05) is 0 Å². The summed E-state index contributed by atoms with van der Waals surface area (Å²) >= 11 is 0. The third kappa shape index (κ3) is 3.98. The smallest absolute Gasteiger partial charge is 0.0752 e. The second-order valence-corrected chi connectivity index (χ2v) is 6.04. The van der Waals surface area contributed by atoms with Crippen LogP contribution in [0, 0.1) is 11.3 Å². The number of aliphatic hydroxyl groups is 1. The van der Waals surface area contributed by atoms with Crippen LogP contribution in [0.1, 0.15) is 59.8 Å². The average molecular weight is 210 g/mol. The molecule has 0 aliphatic heterocycles. The summed E-state index contributed by atoms with van der Waals surface area (Å²) in [5.74, 6) is 0.565. The molecule has 0 heterocycles. The van der Waals surface area contributed by atoms with Crippen LogP contribution in [0.25, 0.3) is 0 Å². The summed E-state index contributed by atoms with van der Waals surface area (Å²) in [5, 5.41) is 10.1. The van der Waals surface area contributed by atoms with Gasteiger partial charge in [0.2, 0.25) is 0 Å². The van der Waals surface area contributed by atoms with Crippen LogP contribution in [0.2, 0.25) is 0 Å². The van der Waals surface area contributed by atoms with Crippen LogP contribution in [-0.4, -0.2) is 11.2 Å². The maximum atomic E-state index is 10.1. The van der Waals surface area contributed by atoms with Crippen molar-refractivity contribution >= 4 is 0 Å². The van der Waals surface area contributed by atoms with Crippen molar-refractivity contribution in [1.82, 2.24) is 0 Å². The highest BCUT2D eigenvalue weighted by molar-refractivity contribution is 5.10. The fourth-order valence-corrected chi connectivity index (χ4v) is 2.01. The summed E-state index contributed by atoms with van der Waals surface area (Å²) in [6.07, 6.45) is 7.80. The lowest BCUT2D eigenvalue weighted by Crippen LogP contribution is -2.24. The first-order valence-corrected chi connectivity index (χ1v) is 6.28. The molecule has 1 rings (SSSR count). The maximum absolute atomic E-state index is 10.1. The Morgan fingerprint density at radius 3 is 2.47 bits per heavy atom. The summed E-state index contributed by atoms with van der Waals surface area (Å²) < 4.78 is 0. The molecule has 2 unspecified atom stereocenters. The Kier molecular flexibility index (Phi) is 4.39. The van der Waals surface area contributed by atoms with Gasteiger partial charge in [0.15, 0.2) is 0 Å². The number of hydrogen-bond acceptors (Lipinski definition) is 1. The molecule has 15 heavy (non-hydrogen) atoms. The topological polar surface area (TPSA) is 20.2 Å². The third-order valence-corrected chi connectivity index (χ3v) is 3.81. The normalized spacial score (nSPS) is 22.1. The minimum Gasteiger partial charge on any atom is -0.389 e. The Balaban J connectivity index is 2.47. The first-order valence-electron chi connectivity index (χ1n) is 6.28. The molecule has 1 N–H and O–H groups in total. The third-order valence-electron chi connectivity index (χ3n) is 3.81. The highest BCUT2D eigenvalue weighted by Gasteiger charge is 2.24. The van der Waals surface area contributed by atoms with Gasteiger partial charge in [0.25, 0.3) is 0 Å². The Bertz CT molecular complexity index is 222. The van der Waals surface area contributed by atoms with E-state index in [-0.39, 0.29) is 6.10 Å². The minimum absolute atomic E-state index is 0.195. The molecule has 2 atom stereocenters. The molecule has 1 nitrogen and oxygen atoms in total. The molecule has 0 aromatic carbocycles. The molecule has 0 bridgehead atoms. The average Bonchev–Trinajstić information content (AvgIpc) is 2.17. The number of aliphatic hydroxyl groups excluding tert-OH is 1. The van der Waals surface area contributed by atoms with Crippen molar-refractivity contribution in [1.29, 1.82) is 0 Å². The SMILES string of the molecule is CC(CC(O)C1=CCCCC1)C(C)(C)C. The van der Waals surface area contributed by atoms with Gasteiger partial charge >= 0.3 is 0 Å². The number of allylic oxidation sites excluding steroid dienone is 1. The minimum atomic E-state index is -0.195. The van der Waals surface area contributed by atoms with Gasteiger partial charge in [-0.3, -0.25) is 0 Å². The molecular formula is C14H26O. The van der Waals surface area contributed by atoms with Gasteiger partial charge in [0.1, 0.15) is 0 Å². The van der Waals surface area contributed by atoms with Crippen LogP contribution in [0.3, 0.4) is 0 Å². The van der Waals surface area contributed by atoms with Gasteiger partial charge in [0, 0.05) is 0 Å². The van der Waals surface area contributed by atoms with Gasteiger partial charge < -0.3 is 5.11 Å². The van der Waals surface area contributed by atoms with Crippen molar-refractivity contribution in [2.24, 2.45) is 11.3 Å². The summed E-state index contributed by atoms with van der Waals surface area (Å²) in [7, 11) is 0. The Labute approximate surface area is 94.6 Å². The Morgan fingerprint density at radius 1 is 1.33 bits per heavy atom. The standard InChI is InChI=1S/C14H26O/c1-11(14(2,3)4)10-13(15)12-8-6-5-7-9-12/h8,11,13,15H,5-7,9-10H2,1-4H3. The number of rotatable bonds is 3. The first-order chi connectivity index (χ1) is 6.91. The molecule has 1 aliphatic rings. The van der Waals surface area contributed by atoms with E-state index < -0.39 is 0 Å². The fourth-order valence-electron chi connectivity index (χ4n) is 2.01. The summed E-state index contributed by atoms with van der Waals surface area (Å²) in [5.41, 5.74) is 1.59. The van der Waals surface area contributed by atoms with Crippen molar-refractivity contribution < 1.29 is 5.11 Å². The second-order valence-electron chi connectivity index (χ2n) is 6.04. The quantitative estimate of drug-likeness (QED) is 0.700. The molecule has 0 saturated carbocycles. The molecule has 0 spiro atoms. The van der Waals surface area contributed by atoms with Crippen molar-refractivity contribution in [3.63, 3.8) is 0 Å². The highest BCUT2D eigenvalue weighted by Crippen LogP contribution is 2.32. The highest BCUT2D eigenvalue weighted by atomic mass is 16.3. The predicted molar refractivity (Wildman–Crippen MR) is 65.8 cm³/mol. The fraction of sp³-hybridized carbons (Fsp3) is 0.857. The zero-order valence-corrected chi connectivity index (χ0v) is 10.7. The molecule has 88 valence electrons. The maximum Gasteiger partial charge on any atom is 0.0752 e. The van der Waals surface area contributed by atoms with Gasteiger partial charge in [0.05, 0.1) is 6.10 Å². The molecular weight excluding hydrogens is 184 g/mol. The van der Waals surface area contributed by atoms with E-state index >= 15 is 0 Å². The largest absolute Gasteiger partial charge is 0.389 e. The predicted octanol–water partition coefficient (Wildman–Crippen LogP) is 3.92. The zero-order valence-electron chi connectivity index (χ0n) is 10.7. The summed E-state index contributed by atoms with van der Waals surface area (Å²) in [4.78, 5) is 0. The van der Waals surface area contributed by atoms with Gasteiger partial charge in [-0.2, -0.15) is 0 Å². The Hall–Kier alpha value is -0.300. The van der Waals surface area contributed by atoms with E-state index in [2.05, 4.69) is 33.8 Å². The molecule has 0 saturated heterocycles.